The Morgan fingerprint density at radius 1 is 1.16 bits per heavy atom. The molecule has 1 N–H and O–H groups in total. The predicted molar refractivity (Wildman–Crippen MR) is 80.6 cm³/mol. The Morgan fingerprint density at radius 2 is 1.84 bits per heavy atom. The van der Waals surface area contributed by atoms with Crippen LogP contribution in [-0.4, -0.2) is 14.2 Å². The summed E-state index contributed by atoms with van der Waals surface area (Å²) in [6.07, 6.45) is 0. The van der Waals surface area contributed by atoms with E-state index in [1.54, 1.807) is 25.6 Å². The maximum atomic E-state index is 5.34. The van der Waals surface area contributed by atoms with E-state index in [2.05, 4.69) is 36.7 Å². The van der Waals surface area contributed by atoms with Crippen LogP contribution in [0.2, 0.25) is 0 Å². The van der Waals surface area contributed by atoms with Gasteiger partial charge in [-0.3, -0.25) is 0 Å². The average molecular weight is 277 g/mol. The topological polar surface area (TPSA) is 30.5 Å². The van der Waals surface area contributed by atoms with Gasteiger partial charge in [0, 0.05) is 16.6 Å². The van der Waals surface area contributed by atoms with Crippen molar-refractivity contribution in [2.24, 2.45) is 0 Å². The molecule has 0 saturated carbocycles. The third-order valence-electron chi connectivity index (χ3n) is 3.07. The maximum Gasteiger partial charge on any atom is 0.162 e. The normalized spacial score (nSPS) is 12.0. The minimum Gasteiger partial charge on any atom is -0.493 e. The number of rotatable bonds is 5. The molecule has 0 aliphatic carbocycles. The van der Waals surface area contributed by atoms with Gasteiger partial charge in [-0.2, -0.15) is 0 Å². The van der Waals surface area contributed by atoms with Gasteiger partial charge in [0.1, 0.15) is 0 Å². The van der Waals surface area contributed by atoms with Crippen molar-refractivity contribution < 1.29 is 9.47 Å². The second-order valence-corrected chi connectivity index (χ2v) is 5.38. The van der Waals surface area contributed by atoms with Gasteiger partial charge in [-0.25, -0.2) is 0 Å². The Labute approximate surface area is 118 Å². The van der Waals surface area contributed by atoms with Gasteiger partial charge in [0.2, 0.25) is 0 Å². The Hall–Kier alpha value is -1.68. The number of benzene rings is 1. The Morgan fingerprint density at radius 3 is 2.42 bits per heavy atom. The van der Waals surface area contributed by atoms with E-state index in [4.69, 9.17) is 9.47 Å². The van der Waals surface area contributed by atoms with Crippen molar-refractivity contribution in [3.05, 3.63) is 40.1 Å². The number of anilines is 1. The van der Waals surface area contributed by atoms with E-state index in [1.807, 2.05) is 12.1 Å². The van der Waals surface area contributed by atoms with E-state index < -0.39 is 0 Å². The summed E-state index contributed by atoms with van der Waals surface area (Å²) < 4.78 is 10.6. The van der Waals surface area contributed by atoms with Gasteiger partial charge in [-0.1, -0.05) is 6.07 Å². The number of ether oxygens (including phenoxy) is 2. The van der Waals surface area contributed by atoms with E-state index in [0.717, 1.165) is 22.7 Å². The molecule has 0 fully saturated rings. The van der Waals surface area contributed by atoms with Crippen molar-refractivity contribution in [2.75, 3.05) is 19.5 Å². The zero-order valence-electron chi connectivity index (χ0n) is 11.7. The Bertz CT molecular complexity index is 537. The fraction of sp³-hybridized carbons (Fsp3) is 0.333. The molecule has 0 radical (unpaired) electrons. The van der Waals surface area contributed by atoms with Crippen molar-refractivity contribution in [1.29, 1.82) is 0 Å². The summed E-state index contributed by atoms with van der Waals surface area (Å²) in [5.41, 5.74) is 2.21. The third-order valence-corrected chi connectivity index (χ3v) is 4.13. The predicted octanol–water partition coefficient (Wildman–Crippen LogP) is 4.25. The molecular weight excluding hydrogens is 258 g/mol. The van der Waals surface area contributed by atoms with Crippen LogP contribution in [0.25, 0.3) is 0 Å². The van der Waals surface area contributed by atoms with Gasteiger partial charge in [0.05, 0.1) is 20.3 Å². The lowest BCUT2D eigenvalue weighted by Crippen LogP contribution is -2.06. The first kappa shape index (κ1) is 13.7. The number of aryl methyl sites for hydroxylation is 1. The zero-order valence-corrected chi connectivity index (χ0v) is 12.5. The standard InChI is InChI=1S/C15H19NO2S/c1-10-8-13(17-3)14(18-4)9-12(10)16-11(2)15-6-5-7-19-15/h5-9,11,16H,1-4H3. The molecule has 102 valence electrons. The number of methoxy groups -OCH3 is 2. The highest BCUT2D eigenvalue weighted by Crippen LogP contribution is 2.34. The van der Waals surface area contributed by atoms with Crippen molar-refractivity contribution >= 4 is 17.0 Å². The summed E-state index contributed by atoms with van der Waals surface area (Å²) in [5.74, 6) is 1.50. The van der Waals surface area contributed by atoms with E-state index in [0.29, 0.717) is 0 Å². The first-order valence-electron chi connectivity index (χ1n) is 6.18. The molecule has 2 rings (SSSR count). The van der Waals surface area contributed by atoms with Crippen molar-refractivity contribution in [2.45, 2.75) is 19.9 Å². The maximum absolute atomic E-state index is 5.34. The number of thiophene rings is 1. The van der Waals surface area contributed by atoms with E-state index in [1.165, 1.54) is 4.88 Å². The van der Waals surface area contributed by atoms with E-state index in [9.17, 15) is 0 Å². The molecule has 3 nitrogen and oxygen atoms in total. The first-order valence-corrected chi connectivity index (χ1v) is 7.06. The molecule has 1 aromatic carbocycles. The lowest BCUT2D eigenvalue weighted by molar-refractivity contribution is 0.355. The van der Waals surface area contributed by atoms with Crippen LogP contribution in [0.5, 0.6) is 11.5 Å². The molecule has 2 aromatic rings. The van der Waals surface area contributed by atoms with Crippen LogP contribution in [0.15, 0.2) is 29.6 Å². The van der Waals surface area contributed by atoms with Crippen LogP contribution >= 0.6 is 11.3 Å². The highest BCUT2D eigenvalue weighted by Gasteiger charge is 2.12. The van der Waals surface area contributed by atoms with Gasteiger partial charge in [0.25, 0.3) is 0 Å². The van der Waals surface area contributed by atoms with Crippen LogP contribution < -0.4 is 14.8 Å². The van der Waals surface area contributed by atoms with Crippen LogP contribution in [0, 0.1) is 6.92 Å². The van der Waals surface area contributed by atoms with Crippen LogP contribution in [0.1, 0.15) is 23.4 Å². The molecule has 1 aromatic heterocycles. The van der Waals surface area contributed by atoms with Crippen LogP contribution in [0.3, 0.4) is 0 Å². The summed E-state index contributed by atoms with van der Waals surface area (Å²) in [7, 11) is 3.30. The molecule has 0 aliphatic heterocycles. The van der Waals surface area contributed by atoms with E-state index in [-0.39, 0.29) is 6.04 Å². The second kappa shape index (κ2) is 5.97. The molecule has 0 bridgehead atoms. The average Bonchev–Trinajstić information content (AvgIpc) is 2.94. The number of hydrogen-bond acceptors (Lipinski definition) is 4. The second-order valence-electron chi connectivity index (χ2n) is 4.40. The molecular formula is C15H19NO2S. The molecule has 0 aliphatic rings. The fourth-order valence-electron chi connectivity index (χ4n) is 1.98. The molecule has 1 heterocycles. The molecule has 0 saturated heterocycles. The van der Waals surface area contributed by atoms with Crippen LogP contribution in [0.4, 0.5) is 5.69 Å². The summed E-state index contributed by atoms with van der Waals surface area (Å²) in [4.78, 5) is 1.31. The van der Waals surface area contributed by atoms with Crippen molar-refractivity contribution in [3.63, 3.8) is 0 Å². The van der Waals surface area contributed by atoms with Gasteiger partial charge in [-0.05, 0) is 36.9 Å². The van der Waals surface area contributed by atoms with Gasteiger partial charge in [-0.15, -0.1) is 11.3 Å². The summed E-state index contributed by atoms with van der Waals surface area (Å²) in [5, 5.41) is 5.61. The Kier molecular flexibility index (Phi) is 4.32. The lowest BCUT2D eigenvalue weighted by Gasteiger charge is -2.18. The van der Waals surface area contributed by atoms with E-state index >= 15 is 0 Å². The van der Waals surface area contributed by atoms with Crippen LogP contribution in [-0.2, 0) is 0 Å². The molecule has 19 heavy (non-hydrogen) atoms. The zero-order chi connectivity index (χ0) is 13.8. The monoisotopic (exact) mass is 277 g/mol. The molecule has 0 amide bonds. The van der Waals surface area contributed by atoms with Gasteiger partial charge >= 0.3 is 0 Å². The number of nitrogens with one attached hydrogen (secondary N) is 1. The number of hydrogen-bond donors (Lipinski definition) is 1. The highest BCUT2D eigenvalue weighted by atomic mass is 32.1. The molecule has 4 heteroatoms. The van der Waals surface area contributed by atoms with Crippen molar-refractivity contribution in [1.82, 2.24) is 0 Å². The fourth-order valence-corrected chi connectivity index (χ4v) is 2.71. The highest BCUT2D eigenvalue weighted by molar-refractivity contribution is 7.10. The quantitative estimate of drug-likeness (QED) is 0.886. The summed E-state index contributed by atoms with van der Waals surface area (Å²) >= 11 is 1.76. The Balaban J connectivity index is 2.25. The lowest BCUT2D eigenvalue weighted by atomic mass is 10.1. The summed E-state index contributed by atoms with van der Waals surface area (Å²) in [6.45, 7) is 4.22. The molecule has 1 atom stereocenters. The smallest absolute Gasteiger partial charge is 0.162 e. The summed E-state index contributed by atoms with van der Waals surface area (Å²) in [6, 6.07) is 8.45. The van der Waals surface area contributed by atoms with Gasteiger partial charge in [0.15, 0.2) is 11.5 Å². The molecule has 0 spiro atoms. The minimum absolute atomic E-state index is 0.275. The SMILES string of the molecule is COc1cc(C)c(NC(C)c2cccs2)cc1OC. The molecule has 1 unspecified atom stereocenters. The first-order chi connectivity index (χ1) is 9.15. The largest absolute Gasteiger partial charge is 0.493 e. The minimum atomic E-state index is 0.275. The van der Waals surface area contributed by atoms with Crippen molar-refractivity contribution in [3.8, 4) is 11.5 Å². The van der Waals surface area contributed by atoms with Gasteiger partial charge < -0.3 is 14.8 Å². The third kappa shape index (κ3) is 3.01.